The molecule has 0 radical (unpaired) electrons. The van der Waals surface area contributed by atoms with Crippen molar-refractivity contribution in [2.45, 2.75) is 12.5 Å². The van der Waals surface area contributed by atoms with Crippen LogP contribution in [-0.2, 0) is 6.42 Å². The molecule has 0 bridgehead atoms. The second-order valence-electron chi connectivity index (χ2n) is 4.32. The zero-order chi connectivity index (χ0) is 13.8. The highest BCUT2D eigenvalue weighted by atomic mass is 79.9. The van der Waals surface area contributed by atoms with E-state index < -0.39 is 0 Å². The number of hydrogen-bond donors (Lipinski definition) is 1. The summed E-state index contributed by atoms with van der Waals surface area (Å²) in [5.41, 5.74) is 8.13. The third-order valence-corrected chi connectivity index (χ3v) is 3.76. The molecule has 0 heterocycles. The lowest BCUT2D eigenvalue weighted by Crippen LogP contribution is -2.13. The van der Waals surface area contributed by atoms with Crippen LogP contribution in [0.2, 0.25) is 0 Å². The maximum absolute atomic E-state index is 12.9. The van der Waals surface area contributed by atoms with Crippen LogP contribution in [0.4, 0.5) is 4.39 Å². The summed E-state index contributed by atoms with van der Waals surface area (Å²) < 4.78 is 19.1. The Labute approximate surface area is 120 Å². The molecule has 2 N–H and O–H groups in total. The van der Waals surface area contributed by atoms with Crippen molar-refractivity contribution >= 4 is 15.9 Å². The van der Waals surface area contributed by atoms with Crippen LogP contribution in [0.15, 0.2) is 46.9 Å². The van der Waals surface area contributed by atoms with Gasteiger partial charge >= 0.3 is 0 Å². The number of nitrogens with two attached hydrogens (primary N) is 1. The summed E-state index contributed by atoms with van der Waals surface area (Å²) in [6.45, 7) is 0. The Bertz CT molecular complexity index is 557. The van der Waals surface area contributed by atoms with Crippen LogP contribution >= 0.6 is 15.9 Å². The van der Waals surface area contributed by atoms with Gasteiger partial charge in [0, 0.05) is 10.5 Å². The molecule has 0 saturated carbocycles. The molecule has 0 aromatic heterocycles. The second kappa shape index (κ2) is 6.17. The number of hydrogen-bond acceptors (Lipinski definition) is 2. The molecule has 0 amide bonds. The average molecular weight is 324 g/mol. The Balaban J connectivity index is 2.18. The van der Waals surface area contributed by atoms with Gasteiger partial charge in [-0.05, 0) is 47.9 Å². The Morgan fingerprint density at radius 1 is 1.21 bits per heavy atom. The first-order valence-electron chi connectivity index (χ1n) is 5.93. The van der Waals surface area contributed by atoms with E-state index in [4.69, 9.17) is 10.5 Å². The minimum absolute atomic E-state index is 0.177. The van der Waals surface area contributed by atoms with E-state index in [1.165, 1.54) is 12.1 Å². The molecule has 2 aromatic rings. The first-order valence-corrected chi connectivity index (χ1v) is 6.73. The van der Waals surface area contributed by atoms with E-state index >= 15 is 0 Å². The van der Waals surface area contributed by atoms with Crippen molar-refractivity contribution in [3.8, 4) is 5.75 Å². The summed E-state index contributed by atoms with van der Waals surface area (Å²) in [5.74, 6) is 0.544. The van der Waals surface area contributed by atoms with Gasteiger partial charge in [0.2, 0.25) is 0 Å². The number of methoxy groups -OCH3 is 1. The summed E-state index contributed by atoms with van der Waals surface area (Å²) in [6, 6.07) is 11.9. The minimum Gasteiger partial charge on any atom is -0.497 e. The highest BCUT2D eigenvalue weighted by Gasteiger charge is 2.10. The van der Waals surface area contributed by atoms with Gasteiger partial charge in [0.05, 0.1) is 7.11 Å². The molecule has 0 spiro atoms. The maximum Gasteiger partial charge on any atom is 0.123 e. The van der Waals surface area contributed by atoms with Gasteiger partial charge < -0.3 is 10.5 Å². The summed E-state index contributed by atoms with van der Waals surface area (Å²) in [5, 5.41) is 0. The SMILES string of the molecule is COc1ccc(Br)c(CC(N)c2ccc(F)cc2)c1. The molecule has 2 rings (SSSR count). The van der Waals surface area contributed by atoms with E-state index in [1.54, 1.807) is 19.2 Å². The van der Waals surface area contributed by atoms with Crippen molar-refractivity contribution in [2.75, 3.05) is 7.11 Å². The molecule has 19 heavy (non-hydrogen) atoms. The van der Waals surface area contributed by atoms with Gasteiger partial charge in [-0.25, -0.2) is 4.39 Å². The van der Waals surface area contributed by atoms with E-state index in [2.05, 4.69) is 15.9 Å². The molecule has 0 aliphatic carbocycles. The molecule has 1 atom stereocenters. The zero-order valence-corrected chi connectivity index (χ0v) is 12.2. The predicted octanol–water partition coefficient (Wildman–Crippen LogP) is 3.84. The third kappa shape index (κ3) is 3.55. The van der Waals surface area contributed by atoms with Crippen LogP contribution in [0.1, 0.15) is 17.2 Å². The minimum atomic E-state index is -0.251. The van der Waals surface area contributed by atoms with Crippen LogP contribution in [0.25, 0.3) is 0 Å². The molecule has 0 aliphatic heterocycles. The number of halogens is 2. The number of ether oxygens (including phenoxy) is 1. The Kier molecular flexibility index (Phi) is 4.56. The summed E-state index contributed by atoms with van der Waals surface area (Å²) in [7, 11) is 1.63. The van der Waals surface area contributed by atoms with Gasteiger partial charge in [-0.2, -0.15) is 0 Å². The molecule has 100 valence electrons. The first-order chi connectivity index (χ1) is 9.10. The van der Waals surface area contributed by atoms with Crippen LogP contribution in [-0.4, -0.2) is 7.11 Å². The lowest BCUT2D eigenvalue weighted by molar-refractivity contribution is 0.414. The van der Waals surface area contributed by atoms with Crippen molar-refractivity contribution in [1.29, 1.82) is 0 Å². The van der Waals surface area contributed by atoms with E-state index in [9.17, 15) is 4.39 Å². The lowest BCUT2D eigenvalue weighted by atomic mass is 9.99. The fraction of sp³-hybridized carbons (Fsp3) is 0.200. The van der Waals surface area contributed by atoms with Crippen LogP contribution in [0, 0.1) is 5.82 Å². The largest absolute Gasteiger partial charge is 0.497 e. The fourth-order valence-corrected chi connectivity index (χ4v) is 2.31. The van der Waals surface area contributed by atoms with E-state index in [-0.39, 0.29) is 11.9 Å². The Hall–Kier alpha value is -1.39. The predicted molar refractivity (Wildman–Crippen MR) is 77.7 cm³/mol. The van der Waals surface area contributed by atoms with Gasteiger partial charge in [0.1, 0.15) is 11.6 Å². The van der Waals surface area contributed by atoms with Gasteiger partial charge in [0.25, 0.3) is 0 Å². The first kappa shape index (κ1) is 14.0. The second-order valence-corrected chi connectivity index (χ2v) is 5.17. The molecule has 1 unspecified atom stereocenters. The van der Waals surface area contributed by atoms with Crippen LogP contribution in [0.3, 0.4) is 0 Å². The molecule has 0 saturated heterocycles. The van der Waals surface area contributed by atoms with Crippen LogP contribution < -0.4 is 10.5 Å². The van der Waals surface area contributed by atoms with E-state index in [1.807, 2.05) is 18.2 Å². The lowest BCUT2D eigenvalue weighted by Gasteiger charge is -2.14. The Morgan fingerprint density at radius 2 is 1.89 bits per heavy atom. The standard InChI is InChI=1S/C15H15BrFNO/c1-19-13-6-7-14(16)11(8-13)9-15(18)10-2-4-12(17)5-3-10/h2-8,15H,9,18H2,1H3. The van der Waals surface area contributed by atoms with Gasteiger partial charge in [-0.15, -0.1) is 0 Å². The molecule has 2 aromatic carbocycles. The van der Waals surface area contributed by atoms with E-state index in [0.717, 1.165) is 21.3 Å². The highest BCUT2D eigenvalue weighted by Crippen LogP contribution is 2.26. The normalized spacial score (nSPS) is 12.2. The average Bonchev–Trinajstić information content (AvgIpc) is 2.42. The quantitative estimate of drug-likeness (QED) is 0.927. The van der Waals surface area contributed by atoms with Crippen molar-refractivity contribution in [3.63, 3.8) is 0 Å². The maximum atomic E-state index is 12.9. The summed E-state index contributed by atoms with van der Waals surface area (Å²) in [4.78, 5) is 0. The van der Waals surface area contributed by atoms with Gasteiger partial charge in [-0.1, -0.05) is 28.1 Å². The topological polar surface area (TPSA) is 35.2 Å². The summed E-state index contributed by atoms with van der Waals surface area (Å²) >= 11 is 3.50. The fourth-order valence-electron chi connectivity index (χ4n) is 1.90. The van der Waals surface area contributed by atoms with Crippen molar-refractivity contribution in [2.24, 2.45) is 5.73 Å². The number of benzene rings is 2. The molecule has 0 fully saturated rings. The Morgan fingerprint density at radius 3 is 2.53 bits per heavy atom. The molecular weight excluding hydrogens is 309 g/mol. The van der Waals surface area contributed by atoms with E-state index in [0.29, 0.717) is 6.42 Å². The third-order valence-electron chi connectivity index (χ3n) is 2.99. The monoisotopic (exact) mass is 323 g/mol. The molecule has 2 nitrogen and oxygen atoms in total. The van der Waals surface area contributed by atoms with Crippen molar-refractivity contribution in [3.05, 3.63) is 63.9 Å². The van der Waals surface area contributed by atoms with Crippen molar-refractivity contribution < 1.29 is 9.13 Å². The smallest absolute Gasteiger partial charge is 0.123 e. The molecule has 4 heteroatoms. The van der Waals surface area contributed by atoms with Gasteiger partial charge in [0.15, 0.2) is 0 Å². The highest BCUT2D eigenvalue weighted by molar-refractivity contribution is 9.10. The molecule has 0 aliphatic rings. The number of rotatable bonds is 4. The zero-order valence-electron chi connectivity index (χ0n) is 10.6. The summed E-state index contributed by atoms with van der Waals surface area (Å²) in [6.07, 6.45) is 0.656. The van der Waals surface area contributed by atoms with Gasteiger partial charge in [-0.3, -0.25) is 0 Å². The molecular formula is C15H15BrFNO. The van der Waals surface area contributed by atoms with Crippen LogP contribution in [0.5, 0.6) is 5.75 Å². The van der Waals surface area contributed by atoms with Crippen molar-refractivity contribution in [1.82, 2.24) is 0 Å².